The number of carbonyl (C=O) groups is 1. The molecule has 0 spiro atoms. The summed E-state index contributed by atoms with van der Waals surface area (Å²) in [6.45, 7) is 7.46. The Kier molecular flexibility index (Phi) is 3.81. The van der Waals surface area contributed by atoms with E-state index < -0.39 is 0 Å². The molecule has 2 aromatic heterocycles. The van der Waals surface area contributed by atoms with E-state index in [0.29, 0.717) is 23.2 Å². The molecule has 3 heterocycles. The molecule has 0 atom stereocenters. The van der Waals surface area contributed by atoms with Crippen molar-refractivity contribution in [2.45, 2.75) is 39.2 Å². The van der Waals surface area contributed by atoms with Crippen LogP contribution in [0.25, 0.3) is 0 Å². The van der Waals surface area contributed by atoms with E-state index in [1.165, 1.54) is 22.7 Å². The molecule has 0 aromatic carbocycles. The van der Waals surface area contributed by atoms with E-state index >= 15 is 0 Å². The van der Waals surface area contributed by atoms with Crippen LogP contribution in [0.2, 0.25) is 0 Å². The number of carbonyl (C=O) groups excluding carboxylic acids is 1. The van der Waals surface area contributed by atoms with Gasteiger partial charge in [-0.25, -0.2) is 9.97 Å². The number of rotatable bonds is 2. The van der Waals surface area contributed by atoms with E-state index in [1.807, 2.05) is 0 Å². The zero-order valence-electron chi connectivity index (χ0n) is 12.2. The number of hydrogen-bond acceptors (Lipinski definition) is 6. The molecule has 5 nitrogen and oxygen atoms in total. The van der Waals surface area contributed by atoms with Gasteiger partial charge in [-0.1, -0.05) is 32.1 Å². The number of fused-ring (bicyclic) bond motifs is 1. The number of ether oxygens (including phenoxy) is 1. The van der Waals surface area contributed by atoms with E-state index in [2.05, 4.69) is 36.1 Å². The minimum atomic E-state index is -0.150. The zero-order chi connectivity index (χ0) is 15.0. The lowest BCUT2D eigenvalue weighted by Crippen LogP contribution is -2.19. The summed E-state index contributed by atoms with van der Waals surface area (Å²) in [6.07, 6.45) is 0.815. The summed E-state index contributed by atoms with van der Waals surface area (Å²) in [5.41, 5.74) is 3.44. The summed E-state index contributed by atoms with van der Waals surface area (Å²) in [5, 5.41) is 3.54. The maximum atomic E-state index is 12.5. The lowest BCUT2D eigenvalue weighted by molar-refractivity contribution is 0.102. The van der Waals surface area contributed by atoms with Gasteiger partial charge >= 0.3 is 0 Å². The largest absolute Gasteiger partial charge is 0.375 e. The van der Waals surface area contributed by atoms with Crippen LogP contribution < -0.4 is 5.32 Å². The maximum absolute atomic E-state index is 12.5. The molecule has 0 unspecified atom stereocenters. The molecule has 1 aliphatic heterocycles. The van der Waals surface area contributed by atoms with Crippen molar-refractivity contribution in [3.8, 4) is 0 Å². The molecular weight excluding hydrogens is 306 g/mol. The topological polar surface area (TPSA) is 64.1 Å². The van der Waals surface area contributed by atoms with E-state index in [-0.39, 0.29) is 11.3 Å². The highest BCUT2D eigenvalue weighted by Crippen LogP contribution is 2.30. The van der Waals surface area contributed by atoms with Crippen LogP contribution in [0.1, 0.15) is 46.7 Å². The Hall–Kier alpha value is -1.31. The molecule has 1 aliphatic rings. The van der Waals surface area contributed by atoms with Gasteiger partial charge < -0.3 is 4.74 Å². The summed E-state index contributed by atoms with van der Waals surface area (Å²) < 4.78 is 5.40. The number of nitrogens with one attached hydrogen (secondary N) is 1. The highest BCUT2D eigenvalue weighted by molar-refractivity contribution is 7.16. The number of thiazole rings is 2. The van der Waals surface area contributed by atoms with Crippen LogP contribution in [0.3, 0.4) is 0 Å². The van der Waals surface area contributed by atoms with Crippen LogP contribution in [-0.4, -0.2) is 22.5 Å². The third-order valence-corrected chi connectivity index (χ3v) is 5.01. The van der Waals surface area contributed by atoms with Gasteiger partial charge in [0.1, 0.15) is 4.88 Å². The quantitative estimate of drug-likeness (QED) is 0.921. The molecule has 0 saturated carbocycles. The molecule has 0 bridgehead atoms. The van der Waals surface area contributed by atoms with E-state index in [1.54, 1.807) is 5.51 Å². The average Bonchev–Trinajstić information content (AvgIpc) is 3.03. The second-order valence-electron chi connectivity index (χ2n) is 5.93. The van der Waals surface area contributed by atoms with Gasteiger partial charge in [-0.3, -0.25) is 10.1 Å². The lowest BCUT2D eigenvalue weighted by atomic mass is 9.91. The van der Waals surface area contributed by atoms with Gasteiger partial charge in [-0.05, 0) is 0 Å². The van der Waals surface area contributed by atoms with E-state index in [0.717, 1.165) is 22.7 Å². The predicted octanol–water partition coefficient (Wildman–Crippen LogP) is 3.22. The number of hydrogen-bond donors (Lipinski definition) is 1. The van der Waals surface area contributed by atoms with Crippen molar-refractivity contribution in [2.75, 3.05) is 11.9 Å². The lowest BCUT2D eigenvalue weighted by Gasteiger charge is -2.16. The standard InChI is InChI=1S/C14H17N3O2S2/c1-14(2,3)11-10(20-7-15-11)12(18)17-13-16-8-4-5-19-6-9(8)21-13/h7H,4-6H2,1-3H3,(H,16,17,18). The monoisotopic (exact) mass is 323 g/mol. The third kappa shape index (κ3) is 3.00. The van der Waals surface area contributed by atoms with Crippen molar-refractivity contribution < 1.29 is 9.53 Å². The molecule has 0 fully saturated rings. The van der Waals surface area contributed by atoms with Gasteiger partial charge in [-0.15, -0.1) is 11.3 Å². The minimum Gasteiger partial charge on any atom is -0.375 e. The summed E-state index contributed by atoms with van der Waals surface area (Å²) >= 11 is 2.86. The van der Waals surface area contributed by atoms with Crippen molar-refractivity contribution in [3.05, 3.63) is 26.7 Å². The average molecular weight is 323 g/mol. The molecule has 1 N–H and O–H groups in total. The van der Waals surface area contributed by atoms with E-state index in [9.17, 15) is 4.79 Å². The first kappa shape index (κ1) is 14.6. The number of amides is 1. The van der Waals surface area contributed by atoms with Gasteiger partial charge in [0.05, 0.1) is 35.0 Å². The fraction of sp³-hybridized carbons (Fsp3) is 0.500. The van der Waals surface area contributed by atoms with Crippen LogP contribution >= 0.6 is 22.7 Å². The van der Waals surface area contributed by atoms with E-state index in [4.69, 9.17) is 4.74 Å². The van der Waals surface area contributed by atoms with Crippen LogP contribution in [-0.2, 0) is 23.2 Å². The highest BCUT2D eigenvalue weighted by Gasteiger charge is 2.26. The van der Waals surface area contributed by atoms with Crippen LogP contribution in [0.15, 0.2) is 5.51 Å². The first-order valence-electron chi connectivity index (χ1n) is 6.77. The van der Waals surface area contributed by atoms with Gasteiger partial charge in [0, 0.05) is 11.8 Å². The van der Waals surface area contributed by atoms with Crippen LogP contribution in [0.5, 0.6) is 0 Å². The van der Waals surface area contributed by atoms with Crippen molar-refractivity contribution in [2.24, 2.45) is 0 Å². The Morgan fingerprint density at radius 3 is 2.95 bits per heavy atom. The zero-order valence-corrected chi connectivity index (χ0v) is 13.9. The maximum Gasteiger partial charge on any atom is 0.269 e. The molecule has 112 valence electrons. The Balaban J connectivity index is 1.81. The molecule has 3 rings (SSSR count). The predicted molar refractivity (Wildman–Crippen MR) is 84.2 cm³/mol. The molecule has 7 heteroatoms. The van der Waals surface area contributed by atoms with Gasteiger partial charge in [-0.2, -0.15) is 0 Å². The fourth-order valence-corrected chi connectivity index (χ4v) is 4.01. The molecule has 21 heavy (non-hydrogen) atoms. The SMILES string of the molecule is CC(C)(C)c1ncsc1C(=O)Nc1nc2c(s1)COCC2. The molecule has 2 aromatic rings. The van der Waals surface area contributed by atoms with Crippen LogP contribution in [0.4, 0.5) is 5.13 Å². The van der Waals surface area contributed by atoms with Crippen LogP contribution in [0, 0.1) is 0 Å². The third-order valence-electron chi connectivity index (χ3n) is 3.20. The molecule has 0 aliphatic carbocycles. The molecule has 0 saturated heterocycles. The first-order valence-corrected chi connectivity index (χ1v) is 8.46. The number of aromatic nitrogens is 2. The van der Waals surface area contributed by atoms with Gasteiger partial charge in [0.25, 0.3) is 5.91 Å². The summed E-state index contributed by atoms with van der Waals surface area (Å²) in [7, 11) is 0. The number of anilines is 1. The minimum absolute atomic E-state index is 0.130. The summed E-state index contributed by atoms with van der Waals surface area (Å²) in [5.74, 6) is -0.130. The molecule has 0 radical (unpaired) electrons. The fourth-order valence-electron chi connectivity index (χ4n) is 2.17. The summed E-state index contributed by atoms with van der Waals surface area (Å²) in [4.78, 5) is 23.0. The molecular formula is C14H17N3O2S2. The van der Waals surface area contributed by atoms with Crippen molar-refractivity contribution in [1.82, 2.24) is 9.97 Å². The first-order chi connectivity index (χ1) is 9.95. The smallest absolute Gasteiger partial charge is 0.269 e. The van der Waals surface area contributed by atoms with Gasteiger partial charge in [0.2, 0.25) is 0 Å². The second-order valence-corrected chi connectivity index (χ2v) is 7.86. The number of nitrogens with zero attached hydrogens (tertiary/aromatic N) is 2. The molecule has 1 amide bonds. The van der Waals surface area contributed by atoms with Crippen molar-refractivity contribution >= 4 is 33.7 Å². The highest BCUT2D eigenvalue weighted by atomic mass is 32.1. The Morgan fingerprint density at radius 1 is 1.43 bits per heavy atom. The van der Waals surface area contributed by atoms with Crippen molar-refractivity contribution in [3.63, 3.8) is 0 Å². The van der Waals surface area contributed by atoms with Crippen molar-refractivity contribution in [1.29, 1.82) is 0 Å². The Labute approximate surface area is 131 Å². The Morgan fingerprint density at radius 2 is 2.24 bits per heavy atom. The normalized spacial score (nSPS) is 14.8. The second kappa shape index (κ2) is 5.47. The summed E-state index contributed by atoms with van der Waals surface area (Å²) in [6, 6.07) is 0. The Bertz CT molecular complexity index is 647. The van der Waals surface area contributed by atoms with Gasteiger partial charge in [0.15, 0.2) is 5.13 Å².